The number of ether oxygens (including phenoxy) is 1. The monoisotopic (exact) mass is 234 g/mol. The molecule has 2 rings (SSSR count). The first-order chi connectivity index (χ1) is 8.45. The molecule has 2 aliphatic rings. The van der Waals surface area contributed by atoms with Crippen LogP contribution in [0.4, 0.5) is 0 Å². The highest BCUT2D eigenvalue weighted by atomic mass is 16.5. The Morgan fingerprint density at radius 1 is 0.647 bits per heavy atom. The van der Waals surface area contributed by atoms with Crippen molar-refractivity contribution < 1.29 is 4.74 Å². The summed E-state index contributed by atoms with van der Waals surface area (Å²) in [7, 11) is 0. The molecule has 96 valence electrons. The van der Waals surface area contributed by atoms with Crippen molar-refractivity contribution >= 4 is 0 Å². The fourth-order valence-electron chi connectivity index (χ4n) is 2.71. The molecular weight excluding hydrogens is 208 g/mol. The van der Waals surface area contributed by atoms with Gasteiger partial charge >= 0.3 is 0 Å². The Labute approximate surface area is 106 Å². The lowest BCUT2D eigenvalue weighted by atomic mass is 10.0. The highest BCUT2D eigenvalue weighted by molar-refractivity contribution is 4.96. The van der Waals surface area contributed by atoms with Gasteiger partial charge in [0.25, 0.3) is 0 Å². The first kappa shape index (κ1) is 12.9. The second-order valence-electron chi connectivity index (χ2n) is 5.35. The predicted molar refractivity (Wildman–Crippen MR) is 73.1 cm³/mol. The van der Waals surface area contributed by atoms with Crippen molar-refractivity contribution in [2.45, 2.75) is 76.4 Å². The lowest BCUT2D eigenvalue weighted by molar-refractivity contribution is 0.0282. The summed E-state index contributed by atoms with van der Waals surface area (Å²) in [4.78, 5) is 0. The molecule has 0 aromatic carbocycles. The molecular formula is C16H26O. The molecule has 17 heavy (non-hydrogen) atoms. The third kappa shape index (κ3) is 5.08. The van der Waals surface area contributed by atoms with E-state index in [2.05, 4.69) is 24.3 Å². The van der Waals surface area contributed by atoms with Gasteiger partial charge < -0.3 is 4.74 Å². The topological polar surface area (TPSA) is 9.23 Å². The fourth-order valence-corrected chi connectivity index (χ4v) is 2.71. The number of allylic oxidation sites excluding steroid dienone is 2. The minimum atomic E-state index is 0.365. The summed E-state index contributed by atoms with van der Waals surface area (Å²) in [6.45, 7) is 0. The molecule has 0 aliphatic heterocycles. The van der Waals surface area contributed by atoms with Gasteiger partial charge in [0.2, 0.25) is 0 Å². The van der Waals surface area contributed by atoms with Gasteiger partial charge in [0.15, 0.2) is 0 Å². The van der Waals surface area contributed by atoms with Crippen LogP contribution in [0.25, 0.3) is 0 Å². The third-order valence-corrected chi connectivity index (χ3v) is 3.77. The van der Waals surface area contributed by atoms with Gasteiger partial charge in [-0.3, -0.25) is 0 Å². The Morgan fingerprint density at radius 3 is 1.71 bits per heavy atom. The van der Waals surface area contributed by atoms with Gasteiger partial charge in [-0.05, 0) is 38.5 Å². The Morgan fingerprint density at radius 2 is 1.18 bits per heavy atom. The van der Waals surface area contributed by atoms with E-state index in [0.717, 1.165) is 0 Å². The van der Waals surface area contributed by atoms with E-state index in [9.17, 15) is 0 Å². The average molecular weight is 234 g/mol. The molecule has 0 bridgehead atoms. The number of hydrogen-bond acceptors (Lipinski definition) is 1. The first-order valence-corrected chi connectivity index (χ1v) is 7.44. The van der Waals surface area contributed by atoms with Gasteiger partial charge in [0.1, 0.15) is 0 Å². The van der Waals surface area contributed by atoms with Crippen molar-refractivity contribution in [3.63, 3.8) is 0 Å². The molecule has 0 radical (unpaired) electrons. The van der Waals surface area contributed by atoms with E-state index in [1.807, 2.05) is 0 Å². The second kappa shape index (κ2) is 7.71. The molecule has 0 amide bonds. The molecule has 0 fully saturated rings. The third-order valence-electron chi connectivity index (χ3n) is 3.77. The summed E-state index contributed by atoms with van der Waals surface area (Å²) < 4.78 is 6.23. The van der Waals surface area contributed by atoms with Gasteiger partial charge in [-0.2, -0.15) is 0 Å². The van der Waals surface area contributed by atoms with E-state index >= 15 is 0 Å². The molecule has 2 unspecified atom stereocenters. The molecule has 1 heteroatoms. The van der Waals surface area contributed by atoms with Gasteiger partial charge in [-0.1, -0.05) is 50.0 Å². The first-order valence-electron chi connectivity index (χ1n) is 7.44. The lowest BCUT2D eigenvalue weighted by Crippen LogP contribution is -2.20. The summed E-state index contributed by atoms with van der Waals surface area (Å²) >= 11 is 0. The van der Waals surface area contributed by atoms with Crippen LogP contribution in [-0.4, -0.2) is 12.2 Å². The molecule has 0 saturated heterocycles. The summed E-state index contributed by atoms with van der Waals surface area (Å²) in [5.74, 6) is 0. The fraction of sp³-hybridized carbons (Fsp3) is 0.750. The largest absolute Gasteiger partial charge is 0.367 e. The second-order valence-corrected chi connectivity index (χ2v) is 5.35. The molecule has 0 saturated carbocycles. The van der Waals surface area contributed by atoms with Crippen LogP contribution in [-0.2, 0) is 4.74 Å². The molecule has 0 N–H and O–H groups in total. The molecule has 2 atom stereocenters. The van der Waals surface area contributed by atoms with Crippen LogP contribution in [0.1, 0.15) is 64.2 Å². The standard InChI is InChI=1S/C16H26O/c1-3-7-11-15(12-8-4-1)17-16-13-9-5-2-6-10-14-16/h7,9,11,13,15-16H,1-6,8,10,12,14H2/b11-7-,13-9?. The zero-order valence-corrected chi connectivity index (χ0v) is 10.9. The van der Waals surface area contributed by atoms with Gasteiger partial charge in [-0.15, -0.1) is 0 Å². The van der Waals surface area contributed by atoms with Crippen molar-refractivity contribution in [1.82, 2.24) is 0 Å². The SMILES string of the molecule is C1=CC(OC2/C=C\CCCCC2)CCCCC1. The van der Waals surface area contributed by atoms with Gasteiger partial charge in [-0.25, -0.2) is 0 Å². The van der Waals surface area contributed by atoms with Crippen LogP contribution in [0, 0.1) is 0 Å². The van der Waals surface area contributed by atoms with Crippen molar-refractivity contribution in [3.8, 4) is 0 Å². The Hall–Kier alpha value is -0.560. The number of hydrogen-bond donors (Lipinski definition) is 0. The van der Waals surface area contributed by atoms with E-state index in [0.29, 0.717) is 12.2 Å². The summed E-state index contributed by atoms with van der Waals surface area (Å²) in [6, 6.07) is 0. The highest BCUT2D eigenvalue weighted by Gasteiger charge is 2.13. The van der Waals surface area contributed by atoms with E-state index in [1.165, 1.54) is 64.2 Å². The van der Waals surface area contributed by atoms with Crippen LogP contribution >= 0.6 is 0 Å². The van der Waals surface area contributed by atoms with Crippen LogP contribution < -0.4 is 0 Å². The normalized spacial score (nSPS) is 33.2. The van der Waals surface area contributed by atoms with Crippen LogP contribution in [0.3, 0.4) is 0 Å². The molecule has 2 aliphatic carbocycles. The van der Waals surface area contributed by atoms with E-state index < -0.39 is 0 Å². The summed E-state index contributed by atoms with van der Waals surface area (Å²) in [5, 5.41) is 0. The maximum absolute atomic E-state index is 6.23. The molecule has 0 aromatic heterocycles. The van der Waals surface area contributed by atoms with Gasteiger partial charge in [0.05, 0.1) is 12.2 Å². The Kier molecular flexibility index (Phi) is 5.84. The van der Waals surface area contributed by atoms with E-state index in [1.54, 1.807) is 0 Å². The maximum Gasteiger partial charge on any atom is 0.0763 e. The minimum absolute atomic E-state index is 0.365. The zero-order valence-electron chi connectivity index (χ0n) is 10.9. The smallest absolute Gasteiger partial charge is 0.0763 e. The highest BCUT2D eigenvalue weighted by Crippen LogP contribution is 2.20. The summed E-state index contributed by atoms with van der Waals surface area (Å²) in [6.07, 6.45) is 22.9. The molecule has 1 nitrogen and oxygen atoms in total. The van der Waals surface area contributed by atoms with Crippen LogP contribution in [0.2, 0.25) is 0 Å². The van der Waals surface area contributed by atoms with Crippen LogP contribution in [0.5, 0.6) is 0 Å². The van der Waals surface area contributed by atoms with Crippen molar-refractivity contribution in [2.75, 3.05) is 0 Å². The average Bonchev–Trinajstić information content (AvgIpc) is 2.24. The number of rotatable bonds is 2. The van der Waals surface area contributed by atoms with E-state index in [-0.39, 0.29) is 0 Å². The van der Waals surface area contributed by atoms with Crippen LogP contribution in [0.15, 0.2) is 24.3 Å². The maximum atomic E-state index is 6.23. The molecule has 0 aromatic rings. The lowest BCUT2D eigenvalue weighted by Gasteiger charge is -2.23. The van der Waals surface area contributed by atoms with E-state index in [4.69, 9.17) is 4.74 Å². The van der Waals surface area contributed by atoms with Gasteiger partial charge in [0, 0.05) is 0 Å². The Balaban J connectivity index is 1.84. The van der Waals surface area contributed by atoms with Crippen molar-refractivity contribution in [1.29, 1.82) is 0 Å². The minimum Gasteiger partial charge on any atom is -0.367 e. The Bertz CT molecular complexity index is 228. The predicted octanol–water partition coefficient (Wildman–Crippen LogP) is 4.78. The molecule has 0 heterocycles. The van der Waals surface area contributed by atoms with Crippen molar-refractivity contribution in [3.05, 3.63) is 24.3 Å². The zero-order chi connectivity index (χ0) is 11.8. The summed E-state index contributed by atoms with van der Waals surface area (Å²) in [5.41, 5.74) is 0. The quantitative estimate of drug-likeness (QED) is 0.625. The molecule has 0 spiro atoms. The van der Waals surface area contributed by atoms with Crippen molar-refractivity contribution in [2.24, 2.45) is 0 Å².